The van der Waals surface area contributed by atoms with Gasteiger partial charge in [-0.05, 0) is 36.4 Å². The predicted octanol–water partition coefficient (Wildman–Crippen LogP) is 3.80. The van der Waals surface area contributed by atoms with Crippen molar-refractivity contribution >= 4 is 32.4 Å². The summed E-state index contributed by atoms with van der Waals surface area (Å²) in [7, 11) is 0. The lowest BCUT2D eigenvalue weighted by molar-refractivity contribution is 0.302. The number of nitrogens with zero attached hydrogens (tertiary/aromatic N) is 3. The lowest BCUT2D eigenvalue weighted by atomic mass is 10.2. The van der Waals surface area contributed by atoms with Crippen molar-refractivity contribution in [1.82, 2.24) is 9.38 Å². The molecular weight excluding hydrogens is 346 g/mol. The number of benzene rings is 1. The quantitative estimate of drug-likeness (QED) is 0.417. The molecule has 5 nitrogen and oxygen atoms in total. The molecule has 0 radical (unpaired) electrons. The van der Waals surface area contributed by atoms with E-state index in [4.69, 9.17) is 4.42 Å². The number of hydrogen-bond acceptors (Lipinski definition) is 4. The van der Waals surface area contributed by atoms with Crippen molar-refractivity contribution in [3.63, 3.8) is 0 Å². The van der Waals surface area contributed by atoms with Gasteiger partial charge in [0.1, 0.15) is 16.6 Å². The molecule has 4 rings (SSSR count). The molecule has 0 saturated carbocycles. The molecule has 0 amide bonds. The first-order valence-electron chi connectivity index (χ1n) is 6.59. The standard InChI is InChI=1S/C16H10BrN3O2/c17-10-3-4-15-12(6-10)13(19-21)8-16(22-15)14-7-11-2-1-5-20(11)9-18-14/h1-9,21H/b19-13-. The predicted molar refractivity (Wildman–Crippen MR) is 85.4 cm³/mol. The number of halogens is 1. The van der Waals surface area contributed by atoms with E-state index in [0.717, 1.165) is 15.4 Å². The maximum absolute atomic E-state index is 9.28. The summed E-state index contributed by atoms with van der Waals surface area (Å²) in [4.78, 5) is 4.39. The minimum atomic E-state index is 0.439. The molecule has 3 heterocycles. The van der Waals surface area contributed by atoms with Crippen LogP contribution in [0.25, 0.3) is 27.9 Å². The smallest absolute Gasteiger partial charge is 0.155 e. The molecule has 4 aromatic rings. The zero-order valence-electron chi connectivity index (χ0n) is 11.3. The molecule has 108 valence electrons. The number of hydrogen-bond donors (Lipinski definition) is 1. The Balaban J connectivity index is 2.00. The van der Waals surface area contributed by atoms with Gasteiger partial charge in [0.05, 0.1) is 6.33 Å². The van der Waals surface area contributed by atoms with Crippen molar-refractivity contribution in [1.29, 1.82) is 0 Å². The van der Waals surface area contributed by atoms with Crippen LogP contribution in [0.3, 0.4) is 0 Å². The van der Waals surface area contributed by atoms with E-state index in [9.17, 15) is 5.21 Å². The number of fused-ring (bicyclic) bond motifs is 2. The topological polar surface area (TPSA) is 63.0 Å². The highest BCUT2D eigenvalue weighted by Gasteiger charge is 2.08. The van der Waals surface area contributed by atoms with Gasteiger partial charge >= 0.3 is 0 Å². The van der Waals surface area contributed by atoms with Gasteiger partial charge in [-0.3, -0.25) is 0 Å². The van der Waals surface area contributed by atoms with E-state index in [0.29, 0.717) is 22.4 Å². The Morgan fingerprint density at radius 1 is 1.18 bits per heavy atom. The van der Waals surface area contributed by atoms with Crippen LogP contribution < -0.4 is 5.36 Å². The molecule has 0 bridgehead atoms. The largest absolute Gasteiger partial charge is 0.454 e. The highest BCUT2D eigenvalue weighted by Crippen LogP contribution is 2.23. The average Bonchev–Trinajstić information content (AvgIpc) is 3.01. The van der Waals surface area contributed by atoms with Crippen LogP contribution in [0.2, 0.25) is 0 Å². The SMILES string of the molecule is O/N=c1/cc(-c2cc3cccn3cn2)oc2ccc(Br)cc12. The Morgan fingerprint density at radius 3 is 2.95 bits per heavy atom. The van der Waals surface area contributed by atoms with Crippen molar-refractivity contribution in [2.24, 2.45) is 5.16 Å². The second-order valence-electron chi connectivity index (χ2n) is 4.85. The molecule has 0 saturated heterocycles. The third-order valence-electron chi connectivity index (χ3n) is 3.48. The first kappa shape index (κ1) is 13.1. The van der Waals surface area contributed by atoms with Crippen molar-refractivity contribution < 1.29 is 9.62 Å². The van der Waals surface area contributed by atoms with Crippen LogP contribution in [0.5, 0.6) is 0 Å². The van der Waals surface area contributed by atoms with Gasteiger partial charge in [0.25, 0.3) is 0 Å². The molecule has 0 aliphatic carbocycles. The van der Waals surface area contributed by atoms with Crippen LogP contribution in [-0.2, 0) is 0 Å². The van der Waals surface area contributed by atoms with E-state index in [1.807, 2.05) is 47.0 Å². The highest BCUT2D eigenvalue weighted by atomic mass is 79.9. The second-order valence-corrected chi connectivity index (χ2v) is 5.77. The van der Waals surface area contributed by atoms with E-state index >= 15 is 0 Å². The second kappa shape index (κ2) is 4.99. The summed E-state index contributed by atoms with van der Waals surface area (Å²) >= 11 is 3.40. The lowest BCUT2D eigenvalue weighted by Crippen LogP contribution is -2.04. The summed E-state index contributed by atoms with van der Waals surface area (Å²) < 4.78 is 8.71. The molecule has 1 aromatic carbocycles. The normalized spacial score (nSPS) is 12.3. The molecule has 6 heteroatoms. The van der Waals surface area contributed by atoms with Crippen LogP contribution in [0.15, 0.2) is 69.0 Å². The Bertz CT molecular complexity index is 1070. The Labute approximate surface area is 133 Å². The van der Waals surface area contributed by atoms with E-state index in [2.05, 4.69) is 26.1 Å². The minimum absolute atomic E-state index is 0.439. The minimum Gasteiger partial charge on any atom is -0.454 e. The monoisotopic (exact) mass is 355 g/mol. The molecule has 1 N–H and O–H groups in total. The van der Waals surface area contributed by atoms with Crippen LogP contribution in [0.1, 0.15) is 0 Å². The van der Waals surface area contributed by atoms with Gasteiger partial charge in [0.15, 0.2) is 5.76 Å². The van der Waals surface area contributed by atoms with Crippen LogP contribution in [0, 0.1) is 0 Å². The summed E-state index contributed by atoms with van der Waals surface area (Å²) in [6.07, 6.45) is 3.65. The van der Waals surface area contributed by atoms with Gasteiger partial charge in [0, 0.05) is 27.6 Å². The van der Waals surface area contributed by atoms with Crippen molar-refractivity contribution in [2.75, 3.05) is 0 Å². The maximum atomic E-state index is 9.28. The third kappa shape index (κ3) is 2.08. The molecule has 0 aliphatic rings. The summed E-state index contributed by atoms with van der Waals surface area (Å²) in [5, 5.41) is 13.8. The summed E-state index contributed by atoms with van der Waals surface area (Å²) in [6, 6.07) is 13.1. The zero-order valence-corrected chi connectivity index (χ0v) is 12.9. The van der Waals surface area contributed by atoms with Crippen LogP contribution >= 0.6 is 15.9 Å². The molecule has 22 heavy (non-hydrogen) atoms. The highest BCUT2D eigenvalue weighted by molar-refractivity contribution is 9.10. The fraction of sp³-hybridized carbons (Fsp3) is 0. The molecule has 3 aromatic heterocycles. The number of rotatable bonds is 1. The lowest BCUT2D eigenvalue weighted by Gasteiger charge is -2.05. The van der Waals surface area contributed by atoms with E-state index in [-0.39, 0.29) is 0 Å². The molecule has 0 atom stereocenters. The zero-order chi connectivity index (χ0) is 15.1. The van der Waals surface area contributed by atoms with Gasteiger partial charge in [-0.15, -0.1) is 0 Å². The Kier molecular flexibility index (Phi) is 2.97. The van der Waals surface area contributed by atoms with Gasteiger partial charge in [-0.2, -0.15) is 0 Å². The van der Waals surface area contributed by atoms with Crippen LogP contribution in [-0.4, -0.2) is 14.6 Å². The Morgan fingerprint density at radius 2 is 2.09 bits per heavy atom. The first-order valence-corrected chi connectivity index (χ1v) is 7.38. The average molecular weight is 356 g/mol. The van der Waals surface area contributed by atoms with E-state index in [1.54, 1.807) is 12.4 Å². The summed E-state index contributed by atoms with van der Waals surface area (Å²) in [5.74, 6) is 0.548. The van der Waals surface area contributed by atoms with Gasteiger partial charge < -0.3 is 14.0 Å². The van der Waals surface area contributed by atoms with E-state index < -0.39 is 0 Å². The van der Waals surface area contributed by atoms with Gasteiger partial charge in [-0.1, -0.05) is 21.1 Å². The van der Waals surface area contributed by atoms with Gasteiger partial charge in [-0.25, -0.2) is 4.98 Å². The molecule has 0 unspecified atom stereocenters. The fourth-order valence-corrected chi connectivity index (χ4v) is 2.78. The molecular formula is C16H10BrN3O2. The molecule has 0 fully saturated rings. The number of aromatic nitrogens is 2. The molecule has 0 spiro atoms. The summed E-state index contributed by atoms with van der Waals surface area (Å²) in [5.41, 5.74) is 2.32. The third-order valence-corrected chi connectivity index (χ3v) is 3.98. The fourth-order valence-electron chi connectivity index (χ4n) is 2.42. The first-order chi connectivity index (χ1) is 10.7. The van der Waals surface area contributed by atoms with Crippen molar-refractivity contribution in [3.05, 3.63) is 64.8 Å². The van der Waals surface area contributed by atoms with E-state index in [1.165, 1.54) is 0 Å². The Hall–Kier alpha value is -2.60. The van der Waals surface area contributed by atoms with Crippen molar-refractivity contribution in [2.45, 2.75) is 0 Å². The van der Waals surface area contributed by atoms with Gasteiger partial charge in [0.2, 0.25) is 0 Å². The summed E-state index contributed by atoms with van der Waals surface area (Å²) in [6.45, 7) is 0. The van der Waals surface area contributed by atoms with Crippen molar-refractivity contribution in [3.8, 4) is 11.5 Å². The maximum Gasteiger partial charge on any atom is 0.155 e. The molecule has 0 aliphatic heterocycles. The van der Waals surface area contributed by atoms with Crippen LogP contribution in [0.4, 0.5) is 0 Å².